The molecule has 0 radical (unpaired) electrons. The highest BCUT2D eigenvalue weighted by molar-refractivity contribution is 5.72. The summed E-state index contributed by atoms with van der Waals surface area (Å²) in [6.07, 6.45) is -1.53. The Bertz CT molecular complexity index is 484. The first-order valence-corrected chi connectivity index (χ1v) is 5.83. The average Bonchev–Trinajstić information content (AvgIpc) is 2.27. The van der Waals surface area contributed by atoms with E-state index in [-0.39, 0.29) is 23.5 Å². The van der Waals surface area contributed by atoms with Crippen molar-refractivity contribution in [2.24, 2.45) is 5.92 Å². The summed E-state index contributed by atoms with van der Waals surface area (Å²) in [5.41, 5.74) is 0.308. The fraction of sp³-hybridized carbons (Fsp3) is 0.357. The maximum atomic E-state index is 13.5. The third-order valence-electron chi connectivity index (χ3n) is 2.46. The number of rotatable bonds is 5. The van der Waals surface area contributed by atoms with Crippen molar-refractivity contribution in [3.8, 4) is 0 Å². The van der Waals surface area contributed by atoms with Crippen LogP contribution in [-0.4, -0.2) is 17.4 Å². The van der Waals surface area contributed by atoms with E-state index in [0.717, 1.165) is 12.1 Å². The molecule has 0 saturated carbocycles. The number of aliphatic hydroxyl groups excluding tert-OH is 1. The number of carbonyl (C=O) groups excluding carboxylic acids is 1. The topological polar surface area (TPSA) is 46.5 Å². The van der Waals surface area contributed by atoms with E-state index in [2.05, 4.69) is 6.58 Å². The zero-order chi connectivity index (χ0) is 14.6. The lowest BCUT2D eigenvalue weighted by Crippen LogP contribution is -2.21. The lowest BCUT2D eigenvalue weighted by atomic mass is 10.0. The minimum Gasteiger partial charge on any atom is -0.435 e. The lowest BCUT2D eigenvalue weighted by molar-refractivity contribution is -0.170. The van der Waals surface area contributed by atoms with Crippen molar-refractivity contribution < 1.29 is 23.4 Å². The first-order valence-electron chi connectivity index (χ1n) is 5.83. The molecule has 1 atom stereocenters. The monoisotopic (exact) mass is 270 g/mol. The third-order valence-corrected chi connectivity index (χ3v) is 2.46. The molecule has 0 aromatic heterocycles. The van der Waals surface area contributed by atoms with Crippen LogP contribution in [0.5, 0.6) is 0 Å². The molecule has 0 amide bonds. The largest absolute Gasteiger partial charge is 0.435 e. The molecule has 1 N–H and O–H groups in total. The van der Waals surface area contributed by atoms with Gasteiger partial charge in [-0.05, 0) is 17.7 Å². The number of carbonyl (C=O) groups is 1. The molecule has 5 heteroatoms. The van der Waals surface area contributed by atoms with Gasteiger partial charge in [-0.2, -0.15) is 0 Å². The molecule has 0 bridgehead atoms. The molecule has 1 unspecified atom stereocenters. The summed E-state index contributed by atoms with van der Waals surface area (Å²) in [7, 11) is 0. The van der Waals surface area contributed by atoms with Gasteiger partial charge in [-0.15, -0.1) is 0 Å². The Morgan fingerprint density at radius 1 is 1.42 bits per heavy atom. The van der Waals surface area contributed by atoms with E-state index in [9.17, 15) is 18.7 Å². The van der Waals surface area contributed by atoms with E-state index in [0.29, 0.717) is 0 Å². The SMILES string of the molecule is C=C(CC(O)OC(=O)C(C)C)c1ccc(F)cc1F. The predicted molar refractivity (Wildman–Crippen MR) is 66.9 cm³/mol. The normalized spacial score (nSPS) is 12.3. The average molecular weight is 270 g/mol. The molecule has 0 aliphatic heterocycles. The smallest absolute Gasteiger partial charge is 0.310 e. The lowest BCUT2D eigenvalue weighted by Gasteiger charge is -2.15. The second-order valence-corrected chi connectivity index (χ2v) is 4.48. The first-order chi connectivity index (χ1) is 8.81. The fourth-order valence-electron chi connectivity index (χ4n) is 1.41. The van der Waals surface area contributed by atoms with Crippen molar-refractivity contribution in [3.05, 3.63) is 42.0 Å². The van der Waals surface area contributed by atoms with Crippen LogP contribution in [0.3, 0.4) is 0 Å². The Morgan fingerprint density at radius 3 is 2.58 bits per heavy atom. The van der Waals surface area contributed by atoms with Crippen LogP contribution in [0, 0.1) is 17.6 Å². The molecule has 19 heavy (non-hydrogen) atoms. The summed E-state index contributed by atoms with van der Waals surface area (Å²) in [6, 6.07) is 3.05. The van der Waals surface area contributed by atoms with E-state index < -0.39 is 23.9 Å². The van der Waals surface area contributed by atoms with Gasteiger partial charge in [0, 0.05) is 18.1 Å². The number of esters is 1. The van der Waals surface area contributed by atoms with Crippen molar-refractivity contribution >= 4 is 11.5 Å². The quantitative estimate of drug-likeness (QED) is 0.661. The minimum atomic E-state index is -1.40. The molecule has 0 spiro atoms. The van der Waals surface area contributed by atoms with E-state index in [1.54, 1.807) is 13.8 Å². The van der Waals surface area contributed by atoms with E-state index >= 15 is 0 Å². The molecule has 1 rings (SSSR count). The van der Waals surface area contributed by atoms with Crippen molar-refractivity contribution in [2.75, 3.05) is 0 Å². The standard InChI is InChI=1S/C14H16F2O3/c1-8(2)14(18)19-13(17)6-9(3)11-5-4-10(15)7-12(11)16/h4-5,7-8,13,17H,3,6H2,1-2H3. The highest BCUT2D eigenvalue weighted by atomic mass is 19.1. The maximum Gasteiger partial charge on any atom is 0.310 e. The second kappa shape index (κ2) is 6.43. The van der Waals surface area contributed by atoms with Gasteiger partial charge < -0.3 is 9.84 Å². The molecule has 104 valence electrons. The van der Waals surface area contributed by atoms with Crippen LogP contribution in [0.15, 0.2) is 24.8 Å². The molecule has 0 heterocycles. The van der Waals surface area contributed by atoms with Gasteiger partial charge in [0.05, 0.1) is 5.92 Å². The Hall–Kier alpha value is -1.75. The minimum absolute atomic E-state index is 0.0843. The Balaban J connectivity index is 2.66. The van der Waals surface area contributed by atoms with Gasteiger partial charge in [0.25, 0.3) is 0 Å². The summed E-state index contributed by atoms with van der Waals surface area (Å²) in [5.74, 6) is -2.39. The van der Waals surface area contributed by atoms with E-state index in [1.807, 2.05) is 0 Å². The zero-order valence-corrected chi connectivity index (χ0v) is 10.8. The summed E-state index contributed by atoms with van der Waals surface area (Å²) in [5, 5.41) is 9.55. The van der Waals surface area contributed by atoms with Crippen molar-refractivity contribution in [2.45, 2.75) is 26.6 Å². The first kappa shape index (κ1) is 15.3. The zero-order valence-electron chi connectivity index (χ0n) is 10.8. The van der Waals surface area contributed by atoms with Crippen LogP contribution in [0.2, 0.25) is 0 Å². The van der Waals surface area contributed by atoms with Crippen LogP contribution in [0.25, 0.3) is 5.57 Å². The molecule has 1 aromatic carbocycles. The van der Waals surface area contributed by atoms with Gasteiger partial charge in [-0.3, -0.25) is 4.79 Å². The molecule has 0 fully saturated rings. The molecule has 0 aliphatic rings. The number of ether oxygens (including phenoxy) is 1. The summed E-state index contributed by atoms with van der Waals surface area (Å²) in [6.45, 7) is 6.85. The van der Waals surface area contributed by atoms with Crippen molar-refractivity contribution in [3.63, 3.8) is 0 Å². The van der Waals surface area contributed by atoms with Gasteiger partial charge in [0.2, 0.25) is 6.29 Å². The van der Waals surface area contributed by atoms with Crippen LogP contribution in [0.1, 0.15) is 25.8 Å². The Kier molecular flexibility index (Phi) is 5.18. The highest BCUT2D eigenvalue weighted by Crippen LogP contribution is 2.22. The van der Waals surface area contributed by atoms with Gasteiger partial charge in [-0.1, -0.05) is 20.4 Å². The van der Waals surface area contributed by atoms with Crippen LogP contribution < -0.4 is 0 Å². The number of hydrogen-bond donors (Lipinski definition) is 1. The number of aliphatic hydroxyl groups is 1. The Labute approximate surface area is 110 Å². The number of benzene rings is 1. The van der Waals surface area contributed by atoms with Gasteiger partial charge in [0.15, 0.2) is 0 Å². The van der Waals surface area contributed by atoms with Crippen molar-refractivity contribution in [1.29, 1.82) is 0 Å². The Morgan fingerprint density at radius 2 is 2.05 bits per heavy atom. The summed E-state index contributed by atoms with van der Waals surface area (Å²) >= 11 is 0. The van der Waals surface area contributed by atoms with Gasteiger partial charge in [-0.25, -0.2) is 8.78 Å². The third kappa shape index (κ3) is 4.44. The van der Waals surface area contributed by atoms with Gasteiger partial charge >= 0.3 is 5.97 Å². The highest BCUT2D eigenvalue weighted by Gasteiger charge is 2.17. The van der Waals surface area contributed by atoms with Gasteiger partial charge in [0.1, 0.15) is 11.6 Å². The van der Waals surface area contributed by atoms with Crippen LogP contribution >= 0.6 is 0 Å². The van der Waals surface area contributed by atoms with Crippen LogP contribution in [0.4, 0.5) is 8.78 Å². The maximum absolute atomic E-state index is 13.5. The molecule has 0 saturated heterocycles. The summed E-state index contributed by atoms with van der Waals surface area (Å²) < 4.78 is 30.9. The molecule has 1 aromatic rings. The van der Waals surface area contributed by atoms with Crippen molar-refractivity contribution in [1.82, 2.24) is 0 Å². The number of halogens is 2. The second-order valence-electron chi connectivity index (χ2n) is 4.48. The van der Waals surface area contributed by atoms with Crippen LogP contribution in [-0.2, 0) is 9.53 Å². The molecular formula is C14H16F2O3. The molecule has 3 nitrogen and oxygen atoms in total. The molecular weight excluding hydrogens is 254 g/mol. The van der Waals surface area contributed by atoms with E-state index in [1.165, 1.54) is 6.07 Å². The number of hydrogen-bond acceptors (Lipinski definition) is 3. The predicted octanol–water partition coefficient (Wildman–Crippen LogP) is 2.89. The summed E-state index contributed by atoms with van der Waals surface area (Å²) in [4.78, 5) is 11.2. The fourth-order valence-corrected chi connectivity index (χ4v) is 1.41. The van der Waals surface area contributed by atoms with E-state index in [4.69, 9.17) is 4.74 Å². The molecule has 0 aliphatic carbocycles.